The van der Waals surface area contributed by atoms with Gasteiger partial charge in [0.25, 0.3) is 11.6 Å². The van der Waals surface area contributed by atoms with Crippen molar-refractivity contribution in [3.63, 3.8) is 0 Å². The zero-order valence-corrected chi connectivity index (χ0v) is 16.1. The number of amides is 3. The van der Waals surface area contributed by atoms with Gasteiger partial charge in [0.2, 0.25) is 0 Å². The van der Waals surface area contributed by atoms with Crippen molar-refractivity contribution in [3.8, 4) is 0 Å². The molecule has 11 nitrogen and oxygen atoms in total. The van der Waals surface area contributed by atoms with Crippen LogP contribution in [0.15, 0.2) is 18.2 Å². The quantitative estimate of drug-likeness (QED) is 0.283. The van der Waals surface area contributed by atoms with Crippen LogP contribution in [0.25, 0.3) is 0 Å². The number of morpholine rings is 1. The van der Waals surface area contributed by atoms with Crippen LogP contribution in [0.3, 0.4) is 0 Å². The number of rotatable bonds is 8. The molecule has 11 heteroatoms. The molecule has 1 fully saturated rings. The van der Waals surface area contributed by atoms with Crippen molar-refractivity contribution >= 4 is 29.3 Å². The molecule has 1 aromatic rings. The molecule has 0 spiro atoms. The summed E-state index contributed by atoms with van der Waals surface area (Å²) in [6.45, 7) is 3.63. The first-order valence-electron chi connectivity index (χ1n) is 9.28. The topological polar surface area (TPSA) is 140 Å². The predicted molar refractivity (Wildman–Crippen MR) is 103 cm³/mol. The van der Waals surface area contributed by atoms with E-state index in [0.29, 0.717) is 38.5 Å². The Morgan fingerprint density at radius 2 is 2.00 bits per heavy atom. The van der Waals surface area contributed by atoms with E-state index in [1.165, 1.54) is 12.1 Å². The number of anilines is 1. The number of carbonyl (C=O) groups is 3. The molecule has 0 aliphatic carbocycles. The van der Waals surface area contributed by atoms with E-state index in [1.807, 2.05) is 11.8 Å². The van der Waals surface area contributed by atoms with Gasteiger partial charge < -0.3 is 19.7 Å². The fourth-order valence-electron chi connectivity index (χ4n) is 2.68. The molecule has 1 saturated heterocycles. The van der Waals surface area contributed by atoms with Crippen LogP contribution >= 0.6 is 0 Å². The Morgan fingerprint density at radius 1 is 1.28 bits per heavy atom. The number of ether oxygens (including phenoxy) is 2. The summed E-state index contributed by atoms with van der Waals surface area (Å²) in [6, 6.07) is 3.21. The molecule has 1 aliphatic rings. The first kappa shape index (κ1) is 22.1. The van der Waals surface area contributed by atoms with E-state index >= 15 is 0 Å². The number of non-ortho nitro benzene ring substituents is 1. The lowest BCUT2D eigenvalue weighted by molar-refractivity contribution is -0.384. The molecule has 2 rings (SSSR count). The number of nitrogens with zero attached hydrogens (tertiary/aromatic N) is 2. The van der Waals surface area contributed by atoms with E-state index < -0.39 is 29.4 Å². The summed E-state index contributed by atoms with van der Waals surface area (Å²) in [7, 11) is 0. The minimum absolute atomic E-state index is 0.0266. The third-order valence-corrected chi connectivity index (χ3v) is 4.17. The number of urea groups is 1. The molecular formula is C18H24N4O7. The number of benzene rings is 1. The van der Waals surface area contributed by atoms with Crippen LogP contribution in [-0.4, -0.2) is 62.3 Å². The highest BCUT2D eigenvalue weighted by molar-refractivity contribution is 5.99. The Kier molecular flexibility index (Phi) is 8.34. The average Bonchev–Trinajstić information content (AvgIpc) is 2.72. The van der Waals surface area contributed by atoms with Crippen LogP contribution in [0, 0.1) is 10.1 Å². The summed E-state index contributed by atoms with van der Waals surface area (Å²) in [5.74, 6) is -1.69. The van der Waals surface area contributed by atoms with Gasteiger partial charge in [-0.05, 0) is 12.5 Å². The number of esters is 1. The van der Waals surface area contributed by atoms with Crippen LogP contribution in [0.5, 0.6) is 0 Å². The Bertz CT molecular complexity index is 763. The molecule has 0 saturated carbocycles. The Labute approximate surface area is 167 Å². The van der Waals surface area contributed by atoms with E-state index in [4.69, 9.17) is 9.47 Å². The van der Waals surface area contributed by atoms with Gasteiger partial charge in [0.1, 0.15) is 0 Å². The minimum atomic E-state index is -0.892. The maximum Gasteiger partial charge on any atom is 0.341 e. The second-order valence-corrected chi connectivity index (χ2v) is 6.29. The summed E-state index contributed by atoms with van der Waals surface area (Å²) >= 11 is 0. The molecule has 0 atom stereocenters. The summed E-state index contributed by atoms with van der Waals surface area (Å²) in [5.41, 5.74) is 0.164. The van der Waals surface area contributed by atoms with Crippen LogP contribution < -0.4 is 15.5 Å². The van der Waals surface area contributed by atoms with Crippen molar-refractivity contribution in [1.29, 1.82) is 0 Å². The maximum atomic E-state index is 12.5. The van der Waals surface area contributed by atoms with E-state index in [1.54, 1.807) is 0 Å². The van der Waals surface area contributed by atoms with Gasteiger partial charge in [-0.25, -0.2) is 9.59 Å². The van der Waals surface area contributed by atoms with Crippen molar-refractivity contribution in [3.05, 3.63) is 33.9 Å². The van der Waals surface area contributed by atoms with Crippen molar-refractivity contribution in [2.75, 3.05) is 44.4 Å². The van der Waals surface area contributed by atoms with E-state index in [-0.39, 0.29) is 11.3 Å². The molecule has 158 valence electrons. The van der Waals surface area contributed by atoms with Gasteiger partial charge in [-0.2, -0.15) is 0 Å². The number of hydrogen-bond acceptors (Lipinski definition) is 8. The fraction of sp³-hybridized carbons (Fsp3) is 0.500. The number of nitrogens with one attached hydrogen (secondary N) is 2. The first-order chi connectivity index (χ1) is 13.9. The zero-order valence-electron chi connectivity index (χ0n) is 16.1. The number of hydrogen-bond donors (Lipinski definition) is 2. The molecule has 1 aromatic carbocycles. The fourth-order valence-corrected chi connectivity index (χ4v) is 2.68. The number of carbonyl (C=O) groups excluding carboxylic acids is 3. The van der Waals surface area contributed by atoms with Crippen molar-refractivity contribution in [2.24, 2.45) is 0 Å². The van der Waals surface area contributed by atoms with Crippen molar-refractivity contribution < 1.29 is 28.8 Å². The monoisotopic (exact) mass is 408 g/mol. The molecule has 0 radical (unpaired) electrons. The highest BCUT2D eigenvalue weighted by Crippen LogP contribution is 2.27. The van der Waals surface area contributed by atoms with Crippen LogP contribution in [-0.2, 0) is 14.3 Å². The van der Waals surface area contributed by atoms with E-state index in [0.717, 1.165) is 18.9 Å². The standard InChI is InChI=1S/C18H24N4O7/c1-2-3-6-19-18(25)20-16(23)12-29-17(24)14-11-13(22(26)27)4-5-15(14)21-7-9-28-10-8-21/h4-5,11H,2-3,6-10,12H2,1H3,(H2,19,20,23,25). The smallest absolute Gasteiger partial charge is 0.341 e. The molecule has 0 aromatic heterocycles. The zero-order chi connectivity index (χ0) is 21.2. The largest absolute Gasteiger partial charge is 0.452 e. The third-order valence-electron chi connectivity index (χ3n) is 4.17. The molecular weight excluding hydrogens is 384 g/mol. The number of nitro benzene ring substituents is 1. The average molecular weight is 408 g/mol. The van der Waals surface area contributed by atoms with Crippen LogP contribution in [0.4, 0.5) is 16.2 Å². The molecule has 0 bridgehead atoms. The molecule has 29 heavy (non-hydrogen) atoms. The second kappa shape index (κ2) is 11.0. The molecule has 2 N–H and O–H groups in total. The minimum Gasteiger partial charge on any atom is -0.452 e. The van der Waals surface area contributed by atoms with E-state index in [2.05, 4.69) is 10.6 Å². The number of nitro groups is 1. The summed E-state index contributed by atoms with van der Waals surface area (Å²) in [5, 5.41) is 15.6. The normalized spacial score (nSPS) is 13.5. The highest BCUT2D eigenvalue weighted by atomic mass is 16.6. The summed E-state index contributed by atoms with van der Waals surface area (Å²) in [4.78, 5) is 48.2. The van der Waals surface area contributed by atoms with E-state index in [9.17, 15) is 24.5 Å². The Hall–Kier alpha value is -3.21. The van der Waals surface area contributed by atoms with Crippen molar-refractivity contribution in [2.45, 2.75) is 19.8 Å². The molecule has 1 aliphatic heterocycles. The van der Waals surface area contributed by atoms with Gasteiger partial charge in [0.05, 0.1) is 29.4 Å². The first-order valence-corrected chi connectivity index (χ1v) is 9.28. The molecule has 0 unspecified atom stereocenters. The second-order valence-electron chi connectivity index (χ2n) is 6.29. The van der Waals surface area contributed by atoms with Gasteiger partial charge in [-0.3, -0.25) is 20.2 Å². The Morgan fingerprint density at radius 3 is 2.66 bits per heavy atom. The van der Waals surface area contributed by atoms with Gasteiger partial charge in [-0.15, -0.1) is 0 Å². The van der Waals surface area contributed by atoms with Crippen molar-refractivity contribution in [1.82, 2.24) is 10.6 Å². The summed E-state index contributed by atoms with van der Waals surface area (Å²) < 4.78 is 10.2. The SMILES string of the molecule is CCCCNC(=O)NC(=O)COC(=O)c1cc([N+](=O)[O-])ccc1N1CCOCC1. The third kappa shape index (κ3) is 6.71. The maximum absolute atomic E-state index is 12.5. The van der Waals surface area contributed by atoms with Gasteiger partial charge >= 0.3 is 12.0 Å². The lowest BCUT2D eigenvalue weighted by Crippen LogP contribution is -2.41. The van der Waals surface area contributed by atoms with Crippen LogP contribution in [0.1, 0.15) is 30.1 Å². The summed E-state index contributed by atoms with van der Waals surface area (Å²) in [6.07, 6.45) is 1.66. The molecule has 1 heterocycles. The number of unbranched alkanes of at least 4 members (excludes halogenated alkanes) is 1. The Balaban J connectivity index is 2.02. The predicted octanol–water partition coefficient (Wildman–Crippen LogP) is 1.21. The van der Waals surface area contributed by atoms with Gasteiger partial charge in [0.15, 0.2) is 6.61 Å². The lowest BCUT2D eigenvalue weighted by atomic mass is 10.1. The highest BCUT2D eigenvalue weighted by Gasteiger charge is 2.23. The van der Waals surface area contributed by atoms with Crippen LogP contribution in [0.2, 0.25) is 0 Å². The van der Waals surface area contributed by atoms with Gasteiger partial charge in [-0.1, -0.05) is 13.3 Å². The van der Waals surface area contributed by atoms with Gasteiger partial charge in [0, 0.05) is 31.8 Å². The lowest BCUT2D eigenvalue weighted by Gasteiger charge is -2.30. The molecule has 3 amide bonds. The number of imide groups is 1.